The molecule has 0 fully saturated rings. The molecule has 0 saturated carbocycles. The largest absolute Gasteiger partial charge is 0.319 e. The Morgan fingerprint density at radius 2 is 1.88 bits per heavy atom. The van der Waals surface area contributed by atoms with Crippen LogP contribution < -0.4 is 5.73 Å². The smallest absolute Gasteiger partial charge is 0.305 e. The van der Waals surface area contributed by atoms with E-state index < -0.39 is 40.3 Å². The second kappa shape index (κ2) is 4.44. The first kappa shape index (κ1) is 12.4. The van der Waals surface area contributed by atoms with Crippen molar-refractivity contribution in [3.8, 4) is 0 Å². The van der Waals surface area contributed by atoms with Crippen LogP contribution in [0.1, 0.15) is 11.6 Å². The molecule has 0 amide bonds. The zero-order valence-electron chi connectivity index (χ0n) is 7.66. The third-order valence-electron chi connectivity index (χ3n) is 1.91. The van der Waals surface area contributed by atoms with E-state index >= 15 is 0 Å². The molecule has 1 rings (SSSR count). The van der Waals surface area contributed by atoms with E-state index in [0.717, 1.165) is 0 Å². The number of rotatable bonds is 3. The van der Waals surface area contributed by atoms with Gasteiger partial charge in [0, 0.05) is 6.07 Å². The molecule has 0 spiro atoms. The van der Waals surface area contributed by atoms with Gasteiger partial charge in [-0.2, -0.15) is 4.39 Å². The van der Waals surface area contributed by atoms with Gasteiger partial charge in [-0.15, -0.1) is 0 Å². The summed E-state index contributed by atoms with van der Waals surface area (Å²) in [7, 11) is 0. The predicted octanol–water partition coefficient (Wildman–Crippen LogP) is 2.14. The maximum Gasteiger partial charge on any atom is 0.305 e. The van der Waals surface area contributed by atoms with Crippen LogP contribution in [0.3, 0.4) is 0 Å². The van der Waals surface area contributed by atoms with Crippen molar-refractivity contribution in [3.05, 3.63) is 39.4 Å². The molecule has 0 bridgehead atoms. The molecule has 1 aromatic rings. The summed E-state index contributed by atoms with van der Waals surface area (Å²) in [5.74, 6) is -3.01. The van der Waals surface area contributed by atoms with Crippen LogP contribution in [0.25, 0.3) is 0 Å². The van der Waals surface area contributed by atoms with E-state index in [9.17, 15) is 27.7 Å². The minimum absolute atomic E-state index is 0.527. The topological polar surface area (TPSA) is 69.2 Å². The Balaban J connectivity index is 3.37. The molecular formula is C8H6F4N2O2. The van der Waals surface area contributed by atoms with Crippen LogP contribution in [0.2, 0.25) is 0 Å². The van der Waals surface area contributed by atoms with Gasteiger partial charge in [0.25, 0.3) is 6.43 Å². The second-order valence-electron chi connectivity index (χ2n) is 2.91. The van der Waals surface area contributed by atoms with Crippen molar-refractivity contribution in [2.24, 2.45) is 5.73 Å². The summed E-state index contributed by atoms with van der Waals surface area (Å²) < 4.78 is 50.7. The first-order valence-electron chi connectivity index (χ1n) is 4.02. The van der Waals surface area contributed by atoms with Crippen molar-refractivity contribution in [2.45, 2.75) is 12.5 Å². The molecule has 1 unspecified atom stereocenters. The van der Waals surface area contributed by atoms with Crippen LogP contribution in [-0.2, 0) is 0 Å². The Morgan fingerprint density at radius 1 is 1.31 bits per heavy atom. The number of nitrogens with two attached hydrogens (primary N) is 1. The first-order valence-corrected chi connectivity index (χ1v) is 4.02. The number of nitro benzene ring substituents is 1. The highest BCUT2D eigenvalue weighted by atomic mass is 19.3. The Bertz CT molecular complexity index is 425. The van der Waals surface area contributed by atoms with E-state index in [4.69, 9.17) is 5.73 Å². The lowest BCUT2D eigenvalue weighted by Gasteiger charge is -2.12. The lowest BCUT2D eigenvalue weighted by molar-refractivity contribution is -0.387. The fourth-order valence-corrected chi connectivity index (χ4v) is 1.13. The predicted molar refractivity (Wildman–Crippen MR) is 45.9 cm³/mol. The molecule has 1 atom stereocenters. The van der Waals surface area contributed by atoms with Crippen LogP contribution in [0.15, 0.2) is 12.1 Å². The SMILES string of the molecule is NC(c1c(F)ccc([N+](=O)[O-])c1F)C(F)F. The van der Waals surface area contributed by atoms with Gasteiger partial charge in [0.1, 0.15) is 5.82 Å². The van der Waals surface area contributed by atoms with Gasteiger partial charge >= 0.3 is 5.69 Å². The zero-order valence-corrected chi connectivity index (χ0v) is 7.66. The summed E-state index contributed by atoms with van der Waals surface area (Å²) in [5, 5.41) is 10.3. The molecular weight excluding hydrogens is 232 g/mol. The Kier molecular flexibility index (Phi) is 3.43. The third kappa shape index (κ3) is 2.11. The number of nitrogens with zero attached hydrogens (tertiary/aromatic N) is 1. The van der Waals surface area contributed by atoms with Crippen molar-refractivity contribution >= 4 is 5.69 Å². The van der Waals surface area contributed by atoms with Crippen LogP contribution in [-0.4, -0.2) is 11.3 Å². The quantitative estimate of drug-likeness (QED) is 0.498. The Hall–Kier alpha value is -1.70. The van der Waals surface area contributed by atoms with Gasteiger partial charge in [0.05, 0.1) is 16.5 Å². The number of halogens is 4. The molecule has 0 aromatic heterocycles. The number of alkyl halides is 2. The maximum absolute atomic E-state index is 13.3. The summed E-state index contributed by atoms with van der Waals surface area (Å²) >= 11 is 0. The number of benzene rings is 1. The number of hydrogen-bond donors (Lipinski definition) is 1. The summed E-state index contributed by atoms with van der Waals surface area (Å²) in [6.45, 7) is 0. The lowest BCUT2D eigenvalue weighted by atomic mass is 10.1. The standard InChI is InChI=1S/C8H6F4N2O2/c9-3-1-2-4(14(15)16)6(10)5(3)7(13)8(11)12/h1-2,7-8H,13H2. The van der Waals surface area contributed by atoms with Gasteiger partial charge < -0.3 is 5.73 Å². The molecule has 0 aliphatic carbocycles. The summed E-state index contributed by atoms with van der Waals surface area (Å²) in [6, 6.07) is -1.16. The Morgan fingerprint density at radius 3 is 2.31 bits per heavy atom. The van der Waals surface area contributed by atoms with Crippen LogP contribution in [0, 0.1) is 21.7 Å². The van der Waals surface area contributed by atoms with Crippen LogP contribution in [0.4, 0.5) is 23.2 Å². The highest BCUT2D eigenvalue weighted by Crippen LogP contribution is 2.29. The molecule has 88 valence electrons. The monoisotopic (exact) mass is 238 g/mol. The van der Waals surface area contributed by atoms with Gasteiger partial charge in [-0.1, -0.05) is 0 Å². The second-order valence-corrected chi connectivity index (χ2v) is 2.91. The molecule has 0 saturated heterocycles. The van der Waals surface area contributed by atoms with Crippen LogP contribution >= 0.6 is 0 Å². The van der Waals surface area contributed by atoms with E-state index in [1.54, 1.807) is 0 Å². The van der Waals surface area contributed by atoms with E-state index in [1.807, 2.05) is 0 Å². The summed E-state index contributed by atoms with van der Waals surface area (Å²) in [5.41, 5.74) is 2.59. The van der Waals surface area contributed by atoms with Crippen molar-refractivity contribution < 1.29 is 22.5 Å². The van der Waals surface area contributed by atoms with Gasteiger partial charge in [-0.3, -0.25) is 10.1 Å². The van der Waals surface area contributed by atoms with E-state index in [2.05, 4.69) is 0 Å². The molecule has 8 heteroatoms. The van der Waals surface area contributed by atoms with E-state index in [1.165, 1.54) is 0 Å². The molecule has 0 heterocycles. The van der Waals surface area contributed by atoms with Crippen LogP contribution in [0.5, 0.6) is 0 Å². The fraction of sp³-hybridized carbons (Fsp3) is 0.250. The number of nitro groups is 1. The van der Waals surface area contributed by atoms with Crippen molar-refractivity contribution in [1.82, 2.24) is 0 Å². The molecule has 2 N–H and O–H groups in total. The summed E-state index contributed by atoms with van der Waals surface area (Å²) in [4.78, 5) is 9.15. The van der Waals surface area contributed by atoms with E-state index in [-0.39, 0.29) is 0 Å². The molecule has 0 aliphatic rings. The van der Waals surface area contributed by atoms with Crippen molar-refractivity contribution in [2.75, 3.05) is 0 Å². The summed E-state index contributed by atoms with van der Waals surface area (Å²) in [6.07, 6.45) is -3.22. The van der Waals surface area contributed by atoms with E-state index in [0.29, 0.717) is 12.1 Å². The van der Waals surface area contributed by atoms with Crippen molar-refractivity contribution in [1.29, 1.82) is 0 Å². The number of hydrogen-bond acceptors (Lipinski definition) is 3. The zero-order chi connectivity index (χ0) is 12.5. The molecule has 16 heavy (non-hydrogen) atoms. The van der Waals surface area contributed by atoms with Gasteiger partial charge in [-0.25, -0.2) is 13.2 Å². The first-order chi connectivity index (χ1) is 7.36. The van der Waals surface area contributed by atoms with Gasteiger partial charge in [0.15, 0.2) is 0 Å². The normalized spacial score (nSPS) is 12.9. The van der Waals surface area contributed by atoms with Gasteiger partial charge in [-0.05, 0) is 6.07 Å². The minimum Gasteiger partial charge on any atom is -0.319 e. The average molecular weight is 238 g/mol. The van der Waals surface area contributed by atoms with Gasteiger partial charge in [0.2, 0.25) is 5.82 Å². The highest BCUT2D eigenvalue weighted by Gasteiger charge is 2.29. The maximum atomic E-state index is 13.3. The average Bonchev–Trinajstić information content (AvgIpc) is 2.16. The third-order valence-corrected chi connectivity index (χ3v) is 1.91. The molecule has 0 aliphatic heterocycles. The molecule has 4 nitrogen and oxygen atoms in total. The molecule has 0 radical (unpaired) electrons. The Labute approximate surface area is 86.8 Å². The van der Waals surface area contributed by atoms with Crippen molar-refractivity contribution in [3.63, 3.8) is 0 Å². The fourth-order valence-electron chi connectivity index (χ4n) is 1.13. The minimum atomic E-state index is -3.22. The highest BCUT2D eigenvalue weighted by molar-refractivity contribution is 5.39. The molecule has 1 aromatic carbocycles. The lowest BCUT2D eigenvalue weighted by Crippen LogP contribution is -2.22.